The van der Waals surface area contributed by atoms with E-state index >= 15 is 0 Å². The monoisotopic (exact) mass is 275 g/mol. The summed E-state index contributed by atoms with van der Waals surface area (Å²) < 4.78 is 0. The van der Waals surface area contributed by atoms with Crippen molar-refractivity contribution in [1.29, 1.82) is 0 Å². The van der Waals surface area contributed by atoms with Crippen molar-refractivity contribution in [3.63, 3.8) is 0 Å². The first-order chi connectivity index (χ1) is 9.78. The molecule has 1 aromatic carbocycles. The Morgan fingerprint density at radius 1 is 1.20 bits per heavy atom. The molecule has 1 aromatic rings. The van der Waals surface area contributed by atoms with Crippen molar-refractivity contribution in [3.05, 3.63) is 35.9 Å². The minimum Gasteiger partial charge on any atom is -0.394 e. The van der Waals surface area contributed by atoms with Crippen molar-refractivity contribution in [2.45, 2.75) is 51.0 Å². The highest BCUT2D eigenvalue weighted by Gasteiger charge is 2.19. The van der Waals surface area contributed by atoms with Crippen molar-refractivity contribution < 1.29 is 9.90 Å². The quantitative estimate of drug-likeness (QED) is 0.838. The molecule has 1 amide bonds. The largest absolute Gasteiger partial charge is 0.394 e. The number of carbonyl (C=O) groups excluding carboxylic acids is 1. The Balaban J connectivity index is 1.78. The topological polar surface area (TPSA) is 49.3 Å². The zero-order valence-electron chi connectivity index (χ0n) is 12.1. The van der Waals surface area contributed by atoms with Crippen LogP contribution in [0.4, 0.5) is 0 Å². The number of rotatable bonds is 6. The van der Waals surface area contributed by atoms with Crippen LogP contribution in [0.3, 0.4) is 0 Å². The van der Waals surface area contributed by atoms with Crippen molar-refractivity contribution >= 4 is 5.91 Å². The Bertz CT molecular complexity index is 399. The molecular weight excluding hydrogens is 250 g/mol. The van der Waals surface area contributed by atoms with Crippen LogP contribution in [0.5, 0.6) is 0 Å². The summed E-state index contributed by atoms with van der Waals surface area (Å²) in [5.41, 5.74) is 1.14. The molecule has 1 aliphatic carbocycles. The van der Waals surface area contributed by atoms with Gasteiger partial charge in [-0.25, -0.2) is 0 Å². The number of aliphatic hydroxyl groups is 1. The van der Waals surface area contributed by atoms with Gasteiger partial charge in [-0.2, -0.15) is 0 Å². The van der Waals surface area contributed by atoms with Gasteiger partial charge in [-0.15, -0.1) is 0 Å². The van der Waals surface area contributed by atoms with E-state index in [1.54, 1.807) is 0 Å². The zero-order chi connectivity index (χ0) is 14.2. The number of nitrogens with one attached hydrogen (secondary N) is 1. The van der Waals surface area contributed by atoms with E-state index in [-0.39, 0.29) is 18.6 Å². The summed E-state index contributed by atoms with van der Waals surface area (Å²) in [6.45, 7) is -0.00863. The number of hydrogen-bond donors (Lipinski definition) is 2. The van der Waals surface area contributed by atoms with E-state index in [4.69, 9.17) is 0 Å². The van der Waals surface area contributed by atoms with Gasteiger partial charge in [0.15, 0.2) is 0 Å². The van der Waals surface area contributed by atoms with Gasteiger partial charge in [0.05, 0.1) is 12.6 Å². The van der Waals surface area contributed by atoms with E-state index in [2.05, 4.69) is 5.32 Å². The number of benzene rings is 1. The van der Waals surface area contributed by atoms with Crippen LogP contribution in [0, 0.1) is 5.92 Å². The molecule has 1 fully saturated rings. The van der Waals surface area contributed by atoms with Gasteiger partial charge in [0.25, 0.3) is 0 Å². The number of carbonyl (C=O) groups is 1. The third-order valence-electron chi connectivity index (χ3n) is 4.11. The van der Waals surface area contributed by atoms with Crippen LogP contribution in [0.1, 0.15) is 44.1 Å². The van der Waals surface area contributed by atoms with Crippen molar-refractivity contribution in [1.82, 2.24) is 5.32 Å². The smallest absolute Gasteiger partial charge is 0.220 e. The predicted octanol–water partition coefficient (Wildman–Crippen LogP) is 2.68. The summed E-state index contributed by atoms with van der Waals surface area (Å²) in [6.07, 6.45) is 7.48. The van der Waals surface area contributed by atoms with Crippen molar-refractivity contribution in [2.24, 2.45) is 5.92 Å². The minimum atomic E-state index is -0.173. The lowest BCUT2D eigenvalue weighted by Gasteiger charge is -2.22. The molecule has 1 aliphatic rings. The fourth-order valence-corrected chi connectivity index (χ4v) is 3.00. The van der Waals surface area contributed by atoms with Crippen molar-refractivity contribution in [3.8, 4) is 0 Å². The molecule has 0 aliphatic heterocycles. The van der Waals surface area contributed by atoms with Gasteiger partial charge < -0.3 is 10.4 Å². The fourth-order valence-electron chi connectivity index (χ4n) is 3.00. The Labute approximate surface area is 121 Å². The summed E-state index contributed by atoms with van der Waals surface area (Å²) in [7, 11) is 0. The van der Waals surface area contributed by atoms with Gasteiger partial charge in [0, 0.05) is 6.42 Å². The molecule has 2 rings (SSSR count). The van der Waals surface area contributed by atoms with E-state index < -0.39 is 0 Å². The summed E-state index contributed by atoms with van der Waals surface area (Å²) in [5, 5.41) is 12.4. The molecule has 0 unspecified atom stereocenters. The highest BCUT2D eigenvalue weighted by molar-refractivity contribution is 5.76. The van der Waals surface area contributed by atoms with Crippen LogP contribution in [0.2, 0.25) is 0 Å². The number of hydrogen-bond acceptors (Lipinski definition) is 2. The predicted molar refractivity (Wildman–Crippen MR) is 80.4 cm³/mol. The van der Waals surface area contributed by atoms with E-state index in [1.807, 2.05) is 30.3 Å². The maximum Gasteiger partial charge on any atom is 0.220 e. The van der Waals surface area contributed by atoms with Gasteiger partial charge in [0.1, 0.15) is 0 Å². The minimum absolute atomic E-state index is 0.00863. The fraction of sp³-hybridized carbons (Fsp3) is 0.588. The highest BCUT2D eigenvalue weighted by Crippen LogP contribution is 2.26. The van der Waals surface area contributed by atoms with E-state index in [9.17, 15) is 9.90 Å². The lowest BCUT2D eigenvalue weighted by atomic mass is 9.87. The average Bonchev–Trinajstić information content (AvgIpc) is 2.48. The Hall–Kier alpha value is -1.35. The lowest BCUT2D eigenvalue weighted by molar-refractivity contribution is -0.123. The van der Waals surface area contributed by atoms with Crippen LogP contribution < -0.4 is 5.32 Å². The summed E-state index contributed by atoms with van der Waals surface area (Å²) >= 11 is 0. The van der Waals surface area contributed by atoms with Gasteiger partial charge in [-0.1, -0.05) is 49.6 Å². The zero-order valence-corrected chi connectivity index (χ0v) is 12.1. The molecule has 20 heavy (non-hydrogen) atoms. The molecule has 110 valence electrons. The molecule has 1 saturated carbocycles. The SMILES string of the molecule is O=C(CC1CCCCC1)N[C@@H](CO)Cc1ccccc1. The maximum atomic E-state index is 12.0. The van der Waals surface area contributed by atoms with Gasteiger partial charge in [-0.05, 0) is 30.7 Å². The maximum absolute atomic E-state index is 12.0. The Morgan fingerprint density at radius 3 is 2.55 bits per heavy atom. The first-order valence-electron chi connectivity index (χ1n) is 7.72. The first-order valence-corrected chi connectivity index (χ1v) is 7.72. The summed E-state index contributed by atoms with van der Waals surface area (Å²) in [5.74, 6) is 0.631. The van der Waals surface area contributed by atoms with Crippen molar-refractivity contribution in [2.75, 3.05) is 6.61 Å². The number of amides is 1. The second kappa shape index (κ2) is 8.05. The molecular formula is C17H25NO2. The highest BCUT2D eigenvalue weighted by atomic mass is 16.3. The van der Waals surface area contributed by atoms with Gasteiger partial charge >= 0.3 is 0 Å². The van der Waals surface area contributed by atoms with Crippen LogP contribution in [-0.4, -0.2) is 23.7 Å². The molecule has 1 atom stereocenters. The normalized spacial score (nSPS) is 17.6. The average molecular weight is 275 g/mol. The summed E-state index contributed by atoms with van der Waals surface area (Å²) in [6, 6.07) is 9.81. The molecule has 0 spiro atoms. The molecule has 0 heterocycles. The van der Waals surface area contributed by atoms with Crippen LogP contribution in [0.15, 0.2) is 30.3 Å². The third-order valence-corrected chi connectivity index (χ3v) is 4.11. The van der Waals surface area contributed by atoms with Crippen LogP contribution in [-0.2, 0) is 11.2 Å². The Morgan fingerprint density at radius 2 is 1.90 bits per heavy atom. The summed E-state index contributed by atoms with van der Waals surface area (Å²) in [4.78, 5) is 12.0. The van der Waals surface area contributed by atoms with Gasteiger partial charge in [-0.3, -0.25) is 4.79 Å². The molecule has 3 nitrogen and oxygen atoms in total. The first kappa shape index (κ1) is 15.0. The van der Waals surface area contributed by atoms with E-state index in [0.717, 1.165) is 5.56 Å². The lowest BCUT2D eigenvalue weighted by Crippen LogP contribution is -2.39. The second-order valence-corrected chi connectivity index (χ2v) is 5.84. The molecule has 2 N–H and O–H groups in total. The van der Waals surface area contributed by atoms with Crippen LogP contribution >= 0.6 is 0 Å². The standard InChI is InChI=1S/C17H25NO2/c19-13-16(11-14-7-3-1-4-8-14)18-17(20)12-15-9-5-2-6-10-15/h1,3-4,7-8,15-16,19H,2,5-6,9-13H2,(H,18,20)/t16-/m1/s1. The van der Waals surface area contributed by atoms with Crippen LogP contribution in [0.25, 0.3) is 0 Å². The second-order valence-electron chi connectivity index (χ2n) is 5.84. The Kier molecular flexibility index (Phi) is 6.06. The third kappa shape index (κ3) is 4.97. The van der Waals surface area contributed by atoms with E-state index in [1.165, 1.54) is 32.1 Å². The number of aliphatic hydroxyl groups excluding tert-OH is 1. The molecule has 0 bridgehead atoms. The van der Waals surface area contributed by atoms with E-state index in [0.29, 0.717) is 18.8 Å². The molecule has 0 aromatic heterocycles. The van der Waals surface area contributed by atoms with Gasteiger partial charge in [0.2, 0.25) is 5.91 Å². The molecule has 0 saturated heterocycles. The molecule has 0 radical (unpaired) electrons. The molecule has 3 heteroatoms.